The maximum atomic E-state index is 12.3. The number of piperazine rings is 1. The second-order valence-electron chi connectivity index (χ2n) is 6.99. The van der Waals surface area contributed by atoms with Crippen LogP contribution in [-0.2, 0) is 11.3 Å². The van der Waals surface area contributed by atoms with Gasteiger partial charge in [0.2, 0.25) is 0 Å². The molecule has 0 saturated carbocycles. The summed E-state index contributed by atoms with van der Waals surface area (Å²) in [5.74, 6) is 0.817. The zero-order valence-electron chi connectivity index (χ0n) is 16.6. The quantitative estimate of drug-likeness (QED) is 0.266. The third kappa shape index (κ3) is 6.90. The number of nitrogens with zero attached hydrogens (tertiary/aromatic N) is 3. The molecule has 8 nitrogen and oxygen atoms in total. The van der Waals surface area contributed by atoms with Gasteiger partial charge in [0.15, 0.2) is 0 Å². The largest absolute Gasteiger partial charge is 0.445 e. The SMILES string of the molecule is Nc1cc(SCCN2CCN(C(=O)OCc3cc(Cl)cc(Cl)c3)CC2)ccc1[N+](=O)[O-]. The molecule has 0 atom stereocenters. The fraction of sp³-hybridized carbons (Fsp3) is 0.350. The van der Waals surface area contributed by atoms with Crippen LogP contribution in [0.4, 0.5) is 16.2 Å². The van der Waals surface area contributed by atoms with Gasteiger partial charge >= 0.3 is 6.09 Å². The van der Waals surface area contributed by atoms with Crippen LogP contribution < -0.4 is 5.73 Å². The highest BCUT2D eigenvalue weighted by Crippen LogP contribution is 2.27. The first-order chi connectivity index (χ1) is 14.8. The van der Waals surface area contributed by atoms with E-state index in [1.165, 1.54) is 6.07 Å². The number of carbonyl (C=O) groups is 1. The Morgan fingerprint density at radius 3 is 2.42 bits per heavy atom. The van der Waals surface area contributed by atoms with Gasteiger partial charge in [-0.05, 0) is 35.9 Å². The number of nitrogens with two attached hydrogens (primary N) is 1. The molecule has 1 fully saturated rings. The Bertz CT molecular complexity index is 935. The number of benzene rings is 2. The van der Waals surface area contributed by atoms with Gasteiger partial charge in [-0.2, -0.15) is 0 Å². The van der Waals surface area contributed by atoms with Crippen molar-refractivity contribution in [2.75, 3.05) is 44.2 Å². The molecular formula is C20H22Cl2N4O4S. The first-order valence-electron chi connectivity index (χ1n) is 9.57. The van der Waals surface area contributed by atoms with Crippen LogP contribution >= 0.6 is 35.0 Å². The second kappa shape index (κ2) is 10.9. The molecule has 166 valence electrons. The Balaban J connectivity index is 1.38. The number of hydrogen-bond donors (Lipinski definition) is 1. The van der Waals surface area contributed by atoms with Crippen molar-refractivity contribution in [3.63, 3.8) is 0 Å². The highest BCUT2D eigenvalue weighted by molar-refractivity contribution is 7.99. The van der Waals surface area contributed by atoms with Gasteiger partial charge < -0.3 is 15.4 Å². The van der Waals surface area contributed by atoms with Crippen LogP contribution in [0.25, 0.3) is 0 Å². The summed E-state index contributed by atoms with van der Waals surface area (Å²) >= 11 is 13.5. The van der Waals surface area contributed by atoms with Crippen molar-refractivity contribution in [1.82, 2.24) is 9.80 Å². The minimum Gasteiger partial charge on any atom is -0.445 e. The number of halogens is 2. The number of nitrogen functional groups attached to an aromatic ring is 1. The molecule has 1 heterocycles. The summed E-state index contributed by atoms with van der Waals surface area (Å²) in [6, 6.07) is 9.83. The molecule has 31 heavy (non-hydrogen) atoms. The molecule has 1 saturated heterocycles. The second-order valence-corrected chi connectivity index (χ2v) is 9.03. The highest BCUT2D eigenvalue weighted by Gasteiger charge is 2.22. The van der Waals surface area contributed by atoms with Crippen molar-refractivity contribution in [3.8, 4) is 0 Å². The van der Waals surface area contributed by atoms with Crippen LogP contribution in [0.15, 0.2) is 41.3 Å². The topological polar surface area (TPSA) is 102 Å². The molecule has 1 aliphatic rings. The molecule has 0 spiro atoms. The predicted molar refractivity (Wildman–Crippen MR) is 123 cm³/mol. The molecule has 0 bridgehead atoms. The van der Waals surface area contributed by atoms with Gasteiger partial charge in [0.1, 0.15) is 12.3 Å². The summed E-state index contributed by atoms with van der Waals surface area (Å²) in [5.41, 5.74) is 6.56. The number of ether oxygens (including phenoxy) is 1. The van der Waals surface area contributed by atoms with Crippen LogP contribution in [0.5, 0.6) is 0 Å². The van der Waals surface area contributed by atoms with Crippen LogP contribution in [-0.4, -0.2) is 59.3 Å². The molecule has 0 aliphatic carbocycles. The molecule has 2 N–H and O–H groups in total. The minimum absolute atomic E-state index is 0.0779. The fourth-order valence-corrected chi connectivity index (χ4v) is 4.70. The average molecular weight is 485 g/mol. The number of hydrogen-bond acceptors (Lipinski definition) is 7. The van der Waals surface area contributed by atoms with Gasteiger partial charge in [0.25, 0.3) is 5.69 Å². The molecule has 1 amide bonds. The molecule has 11 heteroatoms. The van der Waals surface area contributed by atoms with Gasteiger partial charge in [-0.25, -0.2) is 4.79 Å². The number of anilines is 1. The van der Waals surface area contributed by atoms with E-state index in [0.717, 1.165) is 35.8 Å². The molecule has 3 rings (SSSR count). The summed E-state index contributed by atoms with van der Waals surface area (Å²) in [7, 11) is 0. The van der Waals surface area contributed by atoms with E-state index >= 15 is 0 Å². The third-order valence-corrected chi connectivity index (χ3v) is 6.20. The standard InChI is InChI=1S/C20H22Cl2N4O4S/c21-15-9-14(10-16(22)11-15)13-30-20(27)25-5-3-24(4-6-25)7-8-31-17-1-2-19(26(28)29)18(23)12-17/h1-2,9-12H,3-8,13,23H2. The van der Waals surface area contributed by atoms with Gasteiger partial charge in [0, 0.05) is 59.5 Å². The van der Waals surface area contributed by atoms with Crippen LogP contribution in [0.1, 0.15) is 5.56 Å². The number of rotatable bonds is 7. The van der Waals surface area contributed by atoms with Gasteiger partial charge in [0.05, 0.1) is 4.92 Å². The molecule has 1 aliphatic heterocycles. The van der Waals surface area contributed by atoms with E-state index in [4.69, 9.17) is 33.7 Å². The first-order valence-corrected chi connectivity index (χ1v) is 11.3. The highest BCUT2D eigenvalue weighted by atomic mass is 35.5. The third-order valence-electron chi connectivity index (χ3n) is 4.79. The summed E-state index contributed by atoms with van der Waals surface area (Å²) < 4.78 is 5.38. The molecule has 0 radical (unpaired) electrons. The molecule has 2 aromatic rings. The van der Waals surface area contributed by atoms with Crippen molar-refractivity contribution in [3.05, 3.63) is 62.1 Å². The summed E-state index contributed by atoms with van der Waals surface area (Å²) in [4.78, 5) is 27.5. The monoisotopic (exact) mass is 484 g/mol. The fourth-order valence-electron chi connectivity index (χ4n) is 3.17. The van der Waals surface area contributed by atoms with E-state index in [1.807, 2.05) is 0 Å². The lowest BCUT2D eigenvalue weighted by atomic mass is 10.2. The predicted octanol–water partition coefficient (Wildman–Crippen LogP) is 4.53. The van der Waals surface area contributed by atoms with Gasteiger partial charge in [-0.15, -0.1) is 11.8 Å². The van der Waals surface area contributed by atoms with Crippen molar-refractivity contribution in [1.29, 1.82) is 0 Å². The molecular weight excluding hydrogens is 463 g/mol. The summed E-state index contributed by atoms with van der Waals surface area (Å²) in [6.07, 6.45) is -0.355. The van der Waals surface area contributed by atoms with E-state index in [-0.39, 0.29) is 24.1 Å². The van der Waals surface area contributed by atoms with Gasteiger partial charge in [-0.1, -0.05) is 23.2 Å². The minimum atomic E-state index is -0.488. The van der Waals surface area contributed by atoms with E-state index in [0.29, 0.717) is 23.1 Å². The summed E-state index contributed by atoms with van der Waals surface area (Å²) in [5, 5.41) is 11.8. The average Bonchev–Trinajstić information content (AvgIpc) is 2.71. The Morgan fingerprint density at radius 2 is 1.81 bits per heavy atom. The van der Waals surface area contributed by atoms with Gasteiger partial charge in [-0.3, -0.25) is 15.0 Å². The number of thioether (sulfide) groups is 1. The molecule has 0 aromatic heterocycles. The Kier molecular flexibility index (Phi) is 8.25. The zero-order valence-corrected chi connectivity index (χ0v) is 19.0. The lowest BCUT2D eigenvalue weighted by molar-refractivity contribution is -0.383. The lowest BCUT2D eigenvalue weighted by Gasteiger charge is -2.34. The number of amides is 1. The Morgan fingerprint density at radius 1 is 1.13 bits per heavy atom. The maximum absolute atomic E-state index is 12.3. The van der Waals surface area contributed by atoms with Crippen LogP contribution in [0.2, 0.25) is 10.0 Å². The summed E-state index contributed by atoms with van der Waals surface area (Å²) in [6.45, 7) is 3.64. The normalized spacial score (nSPS) is 14.5. The maximum Gasteiger partial charge on any atom is 0.410 e. The van der Waals surface area contributed by atoms with E-state index in [1.54, 1.807) is 47.0 Å². The first kappa shape index (κ1) is 23.5. The number of nitro benzene ring substituents is 1. The lowest BCUT2D eigenvalue weighted by Crippen LogP contribution is -2.49. The van der Waals surface area contributed by atoms with Crippen molar-refractivity contribution in [2.45, 2.75) is 11.5 Å². The number of nitro groups is 1. The molecule has 2 aromatic carbocycles. The van der Waals surface area contributed by atoms with E-state index in [9.17, 15) is 14.9 Å². The van der Waals surface area contributed by atoms with Crippen LogP contribution in [0, 0.1) is 10.1 Å². The van der Waals surface area contributed by atoms with Crippen LogP contribution in [0.3, 0.4) is 0 Å². The Labute approximate surface area is 194 Å². The number of carbonyl (C=O) groups excluding carboxylic acids is 1. The molecule has 0 unspecified atom stereocenters. The zero-order chi connectivity index (χ0) is 22.4. The van der Waals surface area contributed by atoms with E-state index in [2.05, 4.69) is 4.90 Å². The Hall–Kier alpha value is -2.20. The smallest absolute Gasteiger partial charge is 0.410 e. The van der Waals surface area contributed by atoms with Crippen molar-refractivity contribution in [2.24, 2.45) is 0 Å². The van der Waals surface area contributed by atoms with Crippen molar-refractivity contribution < 1.29 is 14.5 Å². The van der Waals surface area contributed by atoms with E-state index < -0.39 is 4.92 Å². The van der Waals surface area contributed by atoms with Crippen molar-refractivity contribution >= 4 is 52.4 Å².